The molecule has 1 aliphatic carbocycles. The van der Waals surface area contributed by atoms with Crippen molar-refractivity contribution in [2.24, 2.45) is 5.92 Å². The molecule has 1 aliphatic rings. The smallest absolute Gasteiger partial charge is 0.0591 e. The van der Waals surface area contributed by atoms with Crippen LogP contribution in [-0.4, -0.2) is 26.3 Å². The topological polar surface area (TPSA) is 21.3 Å². The second-order valence-electron chi connectivity index (χ2n) is 5.10. The average molecular weight is 239 g/mol. The molecule has 0 aliphatic heterocycles. The maximum atomic E-state index is 5.47. The molecule has 0 amide bonds. The zero-order valence-electron chi connectivity index (χ0n) is 11.3. The summed E-state index contributed by atoms with van der Waals surface area (Å²) in [6.45, 7) is 7.50. The molecule has 1 fully saturated rings. The van der Waals surface area contributed by atoms with Crippen LogP contribution in [0.1, 0.15) is 51.4 Å². The average Bonchev–Trinajstić information content (AvgIpc) is 2.30. The van der Waals surface area contributed by atoms with Crippen LogP contribution in [0.2, 0.25) is 0 Å². The van der Waals surface area contributed by atoms with Gasteiger partial charge in [-0.05, 0) is 31.7 Å². The highest BCUT2D eigenvalue weighted by molar-refractivity contribution is 4.66. The van der Waals surface area contributed by atoms with Gasteiger partial charge in [-0.25, -0.2) is 0 Å². The van der Waals surface area contributed by atoms with E-state index in [1.165, 1.54) is 51.5 Å². The minimum Gasteiger partial charge on any atom is -0.380 e. The Morgan fingerprint density at radius 2 is 1.76 bits per heavy atom. The second kappa shape index (κ2) is 10.8. The first-order chi connectivity index (χ1) is 8.43. The van der Waals surface area contributed by atoms with E-state index in [0.717, 1.165) is 32.1 Å². The number of nitrogens with one attached hydrogen (secondary N) is 1. The summed E-state index contributed by atoms with van der Waals surface area (Å²) in [4.78, 5) is 0. The maximum absolute atomic E-state index is 5.47. The lowest BCUT2D eigenvalue weighted by molar-refractivity contribution is 0.139. The van der Waals surface area contributed by atoms with Crippen molar-refractivity contribution in [3.8, 4) is 0 Å². The second-order valence-corrected chi connectivity index (χ2v) is 5.10. The lowest BCUT2D eigenvalue weighted by Gasteiger charge is -2.20. The van der Waals surface area contributed by atoms with E-state index in [4.69, 9.17) is 4.74 Å². The fraction of sp³-hybridized carbons (Fsp3) is 0.867. The van der Waals surface area contributed by atoms with Crippen molar-refractivity contribution in [2.45, 2.75) is 51.4 Å². The summed E-state index contributed by atoms with van der Waals surface area (Å²) in [6, 6.07) is 0. The molecule has 1 saturated carbocycles. The van der Waals surface area contributed by atoms with E-state index in [9.17, 15) is 0 Å². The van der Waals surface area contributed by atoms with Crippen LogP contribution in [0.5, 0.6) is 0 Å². The predicted octanol–water partition coefficient (Wildman–Crippen LogP) is 3.53. The number of hydrogen-bond acceptors (Lipinski definition) is 2. The largest absolute Gasteiger partial charge is 0.380 e. The van der Waals surface area contributed by atoms with Crippen molar-refractivity contribution >= 4 is 0 Å². The Balaban J connectivity index is 1.91. The van der Waals surface area contributed by atoms with E-state index in [1.54, 1.807) is 0 Å². The van der Waals surface area contributed by atoms with Crippen LogP contribution in [0.4, 0.5) is 0 Å². The van der Waals surface area contributed by atoms with Gasteiger partial charge < -0.3 is 10.1 Å². The molecule has 2 heteroatoms. The molecule has 0 heterocycles. The van der Waals surface area contributed by atoms with Crippen LogP contribution in [0.25, 0.3) is 0 Å². The Bertz CT molecular complexity index is 174. The summed E-state index contributed by atoms with van der Waals surface area (Å²) >= 11 is 0. The molecule has 0 radical (unpaired) electrons. The normalized spacial score (nSPS) is 18.6. The summed E-state index contributed by atoms with van der Waals surface area (Å²) in [5.41, 5.74) is 0. The highest BCUT2D eigenvalue weighted by atomic mass is 16.5. The SMILES string of the molecule is C=CCCOCCNCC1CCCCCCC1. The molecule has 0 spiro atoms. The fourth-order valence-corrected chi connectivity index (χ4v) is 2.46. The molecule has 17 heavy (non-hydrogen) atoms. The van der Waals surface area contributed by atoms with Gasteiger partial charge in [0.15, 0.2) is 0 Å². The molecule has 0 unspecified atom stereocenters. The van der Waals surface area contributed by atoms with Crippen molar-refractivity contribution in [1.29, 1.82) is 0 Å². The third kappa shape index (κ3) is 8.39. The van der Waals surface area contributed by atoms with Crippen molar-refractivity contribution in [3.05, 3.63) is 12.7 Å². The highest BCUT2D eigenvalue weighted by Gasteiger charge is 2.10. The minimum atomic E-state index is 0.814. The van der Waals surface area contributed by atoms with Gasteiger partial charge in [-0.1, -0.05) is 38.2 Å². The van der Waals surface area contributed by atoms with Gasteiger partial charge in [0, 0.05) is 6.54 Å². The summed E-state index contributed by atoms with van der Waals surface area (Å²) in [7, 11) is 0. The van der Waals surface area contributed by atoms with Gasteiger partial charge in [-0.3, -0.25) is 0 Å². The standard InChI is InChI=1S/C15H29NO/c1-2-3-12-17-13-11-16-14-15-9-7-5-4-6-8-10-15/h2,15-16H,1,3-14H2. The summed E-state index contributed by atoms with van der Waals surface area (Å²) in [6.07, 6.45) is 12.9. The van der Waals surface area contributed by atoms with Crippen molar-refractivity contribution in [1.82, 2.24) is 5.32 Å². The van der Waals surface area contributed by atoms with E-state index < -0.39 is 0 Å². The Hall–Kier alpha value is -0.340. The summed E-state index contributed by atoms with van der Waals surface area (Å²) in [5, 5.41) is 3.53. The molecule has 0 aromatic heterocycles. The fourth-order valence-electron chi connectivity index (χ4n) is 2.46. The quantitative estimate of drug-likeness (QED) is 0.517. The number of ether oxygens (including phenoxy) is 1. The molecule has 0 aromatic carbocycles. The molecular weight excluding hydrogens is 210 g/mol. The zero-order valence-corrected chi connectivity index (χ0v) is 11.3. The lowest BCUT2D eigenvalue weighted by Crippen LogP contribution is -2.27. The van der Waals surface area contributed by atoms with Crippen LogP contribution in [0.15, 0.2) is 12.7 Å². The first-order valence-corrected chi connectivity index (χ1v) is 7.33. The molecule has 2 nitrogen and oxygen atoms in total. The summed E-state index contributed by atoms with van der Waals surface area (Å²) < 4.78 is 5.47. The predicted molar refractivity (Wildman–Crippen MR) is 74.3 cm³/mol. The Kier molecular flexibility index (Phi) is 9.34. The molecule has 1 rings (SSSR count). The first kappa shape index (κ1) is 14.7. The van der Waals surface area contributed by atoms with Gasteiger partial charge in [0.2, 0.25) is 0 Å². The Morgan fingerprint density at radius 3 is 2.47 bits per heavy atom. The number of rotatable bonds is 8. The van der Waals surface area contributed by atoms with Gasteiger partial charge in [0.25, 0.3) is 0 Å². The highest BCUT2D eigenvalue weighted by Crippen LogP contribution is 2.21. The molecule has 0 saturated heterocycles. The van der Waals surface area contributed by atoms with E-state index in [-0.39, 0.29) is 0 Å². The van der Waals surface area contributed by atoms with Gasteiger partial charge >= 0.3 is 0 Å². The third-order valence-corrected chi connectivity index (χ3v) is 3.55. The lowest BCUT2D eigenvalue weighted by atomic mass is 9.91. The van der Waals surface area contributed by atoms with Gasteiger partial charge in [-0.15, -0.1) is 6.58 Å². The van der Waals surface area contributed by atoms with Gasteiger partial charge in [-0.2, -0.15) is 0 Å². The zero-order chi connectivity index (χ0) is 12.2. The van der Waals surface area contributed by atoms with Crippen LogP contribution in [-0.2, 0) is 4.74 Å². The Labute approximate surface area is 107 Å². The molecule has 0 bridgehead atoms. The molecule has 0 aromatic rings. The van der Waals surface area contributed by atoms with Crippen LogP contribution in [0, 0.1) is 5.92 Å². The maximum Gasteiger partial charge on any atom is 0.0591 e. The molecule has 1 N–H and O–H groups in total. The third-order valence-electron chi connectivity index (χ3n) is 3.55. The van der Waals surface area contributed by atoms with E-state index >= 15 is 0 Å². The van der Waals surface area contributed by atoms with E-state index in [2.05, 4.69) is 11.9 Å². The molecule has 0 atom stereocenters. The Morgan fingerprint density at radius 1 is 1.06 bits per heavy atom. The monoisotopic (exact) mass is 239 g/mol. The van der Waals surface area contributed by atoms with Crippen molar-refractivity contribution in [2.75, 3.05) is 26.3 Å². The number of hydrogen-bond donors (Lipinski definition) is 1. The molecule has 100 valence electrons. The van der Waals surface area contributed by atoms with Crippen LogP contribution in [0.3, 0.4) is 0 Å². The minimum absolute atomic E-state index is 0.814. The van der Waals surface area contributed by atoms with Crippen molar-refractivity contribution in [3.63, 3.8) is 0 Å². The van der Waals surface area contributed by atoms with Crippen LogP contribution >= 0.6 is 0 Å². The van der Waals surface area contributed by atoms with E-state index in [0.29, 0.717) is 0 Å². The van der Waals surface area contributed by atoms with Crippen LogP contribution < -0.4 is 5.32 Å². The van der Waals surface area contributed by atoms with Gasteiger partial charge in [0.1, 0.15) is 0 Å². The van der Waals surface area contributed by atoms with E-state index in [1.807, 2.05) is 6.08 Å². The van der Waals surface area contributed by atoms with Gasteiger partial charge in [0.05, 0.1) is 13.2 Å². The summed E-state index contributed by atoms with van der Waals surface area (Å²) in [5.74, 6) is 0.906. The van der Waals surface area contributed by atoms with Crippen molar-refractivity contribution < 1.29 is 4.74 Å². The molecular formula is C15H29NO. The first-order valence-electron chi connectivity index (χ1n) is 7.33.